The highest BCUT2D eigenvalue weighted by molar-refractivity contribution is 5.80. The van der Waals surface area contributed by atoms with Gasteiger partial charge in [0.1, 0.15) is 12.4 Å². The van der Waals surface area contributed by atoms with Crippen molar-refractivity contribution in [3.63, 3.8) is 0 Å². The van der Waals surface area contributed by atoms with Crippen LogP contribution >= 0.6 is 0 Å². The summed E-state index contributed by atoms with van der Waals surface area (Å²) in [6, 6.07) is -0.943. The maximum absolute atomic E-state index is 14.3. The Morgan fingerprint density at radius 3 is 2.85 bits per heavy atom. The van der Waals surface area contributed by atoms with E-state index in [-0.39, 0.29) is 23.6 Å². The lowest BCUT2D eigenvalue weighted by atomic mass is 10.0. The Balaban J connectivity index is 2.12. The van der Waals surface area contributed by atoms with Crippen molar-refractivity contribution in [1.29, 1.82) is 0 Å². The van der Waals surface area contributed by atoms with Gasteiger partial charge in [-0.15, -0.1) is 5.10 Å². The van der Waals surface area contributed by atoms with Crippen LogP contribution in [0.15, 0.2) is 18.5 Å². The molecule has 0 spiro atoms. The van der Waals surface area contributed by atoms with Crippen molar-refractivity contribution in [3.05, 3.63) is 18.5 Å². The van der Waals surface area contributed by atoms with E-state index < -0.39 is 24.2 Å². The fourth-order valence-corrected chi connectivity index (χ4v) is 2.54. The standard InChI is InChI=1S/C11H13FN6O2/c1-4-5(2-19)9(20)6(12)8(4)18-11-7(16-17-18)10(13)14-3-15-11/h3,5-6,8-9,19-20H,1-2H2,(H2,13,14,15)/t5-,6?,8+,9+/m0/s1. The highest BCUT2D eigenvalue weighted by atomic mass is 19.1. The number of alkyl halides is 1. The maximum atomic E-state index is 14.3. The Hall–Kier alpha value is -2.13. The van der Waals surface area contributed by atoms with Crippen LogP contribution in [0.3, 0.4) is 0 Å². The summed E-state index contributed by atoms with van der Waals surface area (Å²) in [4.78, 5) is 7.76. The summed E-state index contributed by atoms with van der Waals surface area (Å²) < 4.78 is 15.5. The highest BCUT2D eigenvalue weighted by Crippen LogP contribution is 2.41. The zero-order valence-electron chi connectivity index (χ0n) is 10.4. The van der Waals surface area contributed by atoms with Crippen LogP contribution in [0.4, 0.5) is 10.2 Å². The molecule has 4 atom stereocenters. The number of nitrogens with zero attached hydrogens (tertiary/aromatic N) is 5. The molecule has 2 aromatic heterocycles. The van der Waals surface area contributed by atoms with Crippen LogP contribution in [-0.4, -0.2) is 54.1 Å². The minimum atomic E-state index is -1.65. The van der Waals surface area contributed by atoms with Crippen molar-refractivity contribution in [1.82, 2.24) is 25.0 Å². The van der Waals surface area contributed by atoms with Crippen molar-refractivity contribution < 1.29 is 14.6 Å². The van der Waals surface area contributed by atoms with Gasteiger partial charge in [-0.2, -0.15) is 0 Å². The first-order valence-electron chi connectivity index (χ1n) is 5.99. The van der Waals surface area contributed by atoms with Gasteiger partial charge < -0.3 is 15.9 Å². The van der Waals surface area contributed by atoms with Crippen molar-refractivity contribution in [2.75, 3.05) is 12.3 Å². The van der Waals surface area contributed by atoms with Gasteiger partial charge in [0.15, 0.2) is 23.2 Å². The lowest BCUT2D eigenvalue weighted by Gasteiger charge is -2.15. The van der Waals surface area contributed by atoms with E-state index in [2.05, 4.69) is 26.9 Å². The number of fused-ring (bicyclic) bond motifs is 1. The van der Waals surface area contributed by atoms with Crippen LogP contribution in [0.25, 0.3) is 11.2 Å². The number of halogens is 1. The molecule has 0 aliphatic heterocycles. The van der Waals surface area contributed by atoms with Gasteiger partial charge in [-0.05, 0) is 5.57 Å². The molecular weight excluding hydrogens is 267 g/mol. The Morgan fingerprint density at radius 2 is 2.20 bits per heavy atom. The van der Waals surface area contributed by atoms with Crippen LogP contribution in [0.5, 0.6) is 0 Å². The largest absolute Gasteiger partial charge is 0.396 e. The molecule has 2 aromatic rings. The third kappa shape index (κ3) is 1.60. The van der Waals surface area contributed by atoms with Gasteiger partial charge in [0.2, 0.25) is 0 Å². The van der Waals surface area contributed by atoms with Crippen LogP contribution in [-0.2, 0) is 0 Å². The van der Waals surface area contributed by atoms with Crippen molar-refractivity contribution in [2.45, 2.75) is 18.3 Å². The zero-order chi connectivity index (χ0) is 14.4. The second-order valence-electron chi connectivity index (χ2n) is 4.71. The number of aliphatic hydroxyl groups excluding tert-OH is 2. The van der Waals surface area contributed by atoms with Gasteiger partial charge in [-0.25, -0.2) is 19.0 Å². The first kappa shape index (κ1) is 12.9. The molecule has 4 N–H and O–H groups in total. The summed E-state index contributed by atoms with van der Waals surface area (Å²) >= 11 is 0. The lowest BCUT2D eigenvalue weighted by molar-refractivity contribution is 0.0414. The molecule has 0 bridgehead atoms. The number of hydrogen-bond donors (Lipinski definition) is 3. The van der Waals surface area contributed by atoms with Crippen molar-refractivity contribution in [2.24, 2.45) is 5.92 Å². The van der Waals surface area contributed by atoms with Gasteiger partial charge in [0.25, 0.3) is 0 Å². The normalized spacial score (nSPS) is 30.2. The van der Waals surface area contributed by atoms with Crippen LogP contribution in [0.2, 0.25) is 0 Å². The Labute approximate surface area is 112 Å². The minimum absolute atomic E-state index is 0.138. The number of rotatable bonds is 2. The Kier molecular flexibility index (Phi) is 2.87. The molecule has 2 heterocycles. The van der Waals surface area contributed by atoms with E-state index >= 15 is 0 Å². The van der Waals surface area contributed by atoms with Gasteiger partial charge in [-0.1, -0.05) is 11.8 Å². The van der Waals surface area contributed by atoms with Crippen molar-refractivity contribution in [3.8, 4) is 0 Å². The van der Waals surface area contributed by atoms with Gasteiger partial charge in [-0.3, -0.25) is 0 Å². The van der Waals surface area contributed by atoms with Crippen molar-refractivity contribution >= 4 is 17.0 Å². The molecule has 1 unspecified atom stereocenters. The molecule has 0 radical (unpaired) electrons. The predicted molar refractivity (Wildman–Crippen MR) is 67.2 cm³/mol. The summed E-state index contributed by atoms with van der Waals surface area (Å²) in [5.41, 5.74) is 6.51. The molecule has 1 fully saturated rings. The number of nitrogen functional groups attached to an aromatic ring is 1. The summed E-state index contributed by atoms with van der Waals surface area (Å²) in [7, 11) is 0. The number of aliphatic hydroxyl groups is 2. The first-order chi connectivity index (χ1) is 9.56. The van der Waals surface area contributed by atoms with Crippen LogP contribution in [0.1, 0.15) is 6.04 Å². The summed E-state index contributed by atoms with van der Waals surface area (Å²) in [6.07, 6.45) is -1.76. The molecule has 0 amide bonds. The van der Waals surface area contributed by atoms with E-state index in [1.54, 1.807) is 0 Å². The third-order valence-corrected chi connectivity index (χ3v) is 3.65. The van der Waals surface area contributed by atoms with Crippen LogP contribution in [0, 0.1) is 5.92 Å². The summed E-state index contributed by atoms with van der Waals surface area (Å²) in [5.74, 6) is -0.604. The number of anilines is 1. The van der Waals surface area contributed by atoms with Gasteiger partial charge >= 0.3 is 0 Å². The molecule has 106 valence electrons. The zero-order valence-corrected chi connectivity index (χ0v) is 10.4. The van der Waals surface area contributed by atoms with E-state index in [1.807, 2.05) is 0 Å². The fraction of sp³-hybridized carbons (Fsp3) is 0.455. The molecule has 0 saturated heterocycles. The number of nitrogens with two attached hydrogens (primary N) is 1. The Bertz CT molecular complexity index is 674. The first-order valence-corrected chi connectivity index (χ1v) is 5.99. The van der Waals surface area contributed by atoms with E-state index in [1.165, 1.54) is 11.0 Å². The monoisotopic (exact) mass is 280 g/mol. The maximum Gasteiger partial charge on any atom is 0.184 e. The quantitative estimate of drug-likeness (QED) is 0.617. The van der Waals surface area contributed by atoms with E-state index in [9.17, 15) is 14.6 Å². The predicted octanol–water partition coefficient (Wildman–Crippen LogP) is -0.778. The Morgan fingerprint density at radius 1 is 1.45 bits per heavy atom. The summed E-state index contributed by atoms with van der Waals surface area (Å²) in [6.45, 7) is 3.36. The minimum Gasteiger partial charge on any atom is -0.396 e. The average Bonchev–Trinajstić information content (AvgIpc) is 2.92. The summed E-state index contributed by atoms with van der Waals surface area (Å²) in [5, 5.41) is 26.7. The topological polar surface area (TPSA) is 123 Å². The number of hydrogen-bond acceptors (Lipinski definition) is 7. The van der Waals surface area contributed by atoms with E-state index in [0.29, 0.717) is 5.57 Å². The average molecular weight is 280 g/mol. The fourth-order valence-electron chi connectivity index (χ4n) is 2.54. The molecule has 1 saturated carbocycles. The third-order valence-electron chi connectivity index (χ3n) is 3.65. The second-order valence-corrected chi connectivity index (χ2v) is 4.71. The smallest absolute Gasteiger partial charge is 0.184 e. The van der Waals surface area contributed by atoms with E-state index in [4.69, 9.17) is 5.73 Å². The second kappa shape index (κ2) is 4.46. The SMILES string of the molecule is C=C1[C@@H](n2nnc3c(N)ncnc32)C(F)[C@H](O)[C@H]1CO. The van der Waals surface area contributed by atoms with E-state index in [0.717, 1.165) is 0 Å². The van der Waals surface area contributed by atoms with Gasteiger partial charge in [0, 0.05) is 5.92 Å². The molecule has 1 aliphatic rings. The molecule has 0 aromatic carbocycles. The molecular formula is C11H13FN6O2. The van der Waals surface area contributed by atoms with Crippen LogP contribution < -0.4 is 5.73 Å². The molecule has 3 rings (SSSR count). The molecule has 8 nitrogen and oxygen atoms in total. The molecule has 20 heavy (non-hydrogen) atoms. The number of aromatic nitrogens is 5. The lowest BCUT2D eigenvalue weighted by Crippen LogP contribution is -2.27. The molecule has 9 heteroatoms. The molecule has 1 aliphatic carbocycles. The highest BCUT2D eigenvalue weighted by Gasteiger charge is 2.47. The van der Waals surface area contributed by atoms with Gasteiger partial charge in [0.05, 0.1) is 12.7 Å².